The molecule has 15 heavy (non-hydrogen) atoms. The Morgan fingerprint density at radius 1 is 1.53 bits per heavy atom. The first-order valence-corrected chi connectivity index (χ1v) is 5.15. The lowest BCUT2D eigenvalue weighted by atomic mass is 10.00. The summed E-state index contributed by atoms with van der Waals surface area (Å²) in [6, 6.07) is 0. The molecule has 2 rings (SSSR count). The van der Waals surface area contributed by atoms with Crippen molar-refractivity contribution in [3.63, 3.8) is 0 Å². The van der Waals surface area contributed by atoms with Crippen LogP contribution in [0.25, 0.3) is 0 Å². The summed E-state index contributed by atoms with van der Waals surface area (Å²) in [5, 5.41) is 13.4. The van der Waals surface area contributed by atoms with Crippen LogP contribution in [-0.2, 0) is 15.7 Å². The number of nitrogens with zero attached hydrogens (tertiary/aromatic N) is 2. The van der Waals surface area contributed by atoms with E-state index in [9.17, 15) is 4.79 Å². The summed E-state index contributed by atoms with van der Waals surface area (Å²) in [5.41, 5.74) is 0.112. The lowest BCUT2D eigenvalue weighted by Crippen LogP contribution is -2.23. The van der Waals surface area contributed by atoms with Gasteiger partial charge in [-0.05, 0) is 33.6 Å². The summed E-state index contributed by atoms with van der Waals surface area (Å²) < 4.78 is 1.82. The van der Waals surface area contributed by atoms with Crippen LogP contribution in [0.1, 0.15) is 39.2 Å². The van der Waals surface area contributed by atoms with Crippen molar-refractivity contribution in [3.8, 4) is 0 Å². The van der Waals surface area contributed by atoms with Gasteiger partial charge in [0.25, 0.3) is 0 Å². The number of carboxylic acids is 1. The normalized spacial score (nSPS) is 18.9. The van der Waals surface area contributed by atoms with Crippen molar-refractivity contribution in [2.75, 3.05) is 0 Å². The van der Waals surface area contributed by atoms with Crippen molar-refractivity contribution in [2.45, 2.75) is 44.6 Å². The number of carbonyl (C=O) groups is 1. The van der Waals surface area contributed by atoms with Crippen LogP contribution in [0.3, 0.4) is 0 Å². The highest BCUT2D eigenvalue weighted by atomic mass is 16.4. The molecule has 1 fully saturated rings. The van der Waals surface area contributed by atoms with E-state index in [0.29, 0.717) is 0 Å². The van der Waals surface area contributed by atoms with Gasteiger partial charge in [-0.3, -0.25) is 9.48 Å². The molecule has 0 spiro atoms. The molecule has 1 aliphatic carbocycles. The lowest BCUT2D eigenvalue weighted by Gasteiger charge is -2.19. The molecular weight excluding hydrogens is 192 g/mol. The second-order valence-corrected chi connectivity index (χ2v) is 5.23. The van der Waals surface area contributed by atoms with Gasteiger partial charge < -0.3 is 5.11 Å². The predicted molar refractivity (Wildman–Crippen MR) is 55.8 cm³/mol. The summed E-state index contributed by atoms with van der Waals surface area (Å²) in [7, 11) is 0. The molecule has 82 valence electrons. The van der Waals surface area contributed by atoms with Gasteiger partial charge in [0.2, 0.25) is 0 Å². The molecule has 0 radical (unpaired) electrons. The quantitative estimate of drug-likeness (QED) is 0.805. The Balaban J connectivity index is 2.33. The van der Waals surface area contributed by atoms with Gasteiger partial charge in [-0.1, -0.05) is 0 Å². The van der Waals surface area contributed by atoms with E-state index in [4.69, 9.17) is 5.11 Å². The number of hydrogen-bond acceptors (Lipinski definition) is 2. The van der Waals surface area contributed by atoms with Crippen molar-refractivity contribution in [1.82, 2.24) is 9.78 Å². The molecular formula is C11H16N2O2. The Bertz CT molecular complexity index is 397. The largest absolute Gasteiger partial charge is 0.481 e. The second kappa shape index (κ2) is 2.84. The van der Waals surface area contributed by atoms with Gasteiger partial charge in [0.15, 0.2) is 0 Å². The fraction of sp³-hybridized carbons (Fsp3) is 0.636. The van der Waals surface area contributed by atoms with Gasteiger partial charge in [-0.25, -0.2) is 0 Å². The van der Waals surface area contributed by atoms with E-state index in [1.165, 1.54) is 0 Å². The summed E-state index contributed by atoms with van der Waals surface area (Å²) in [5.74, 6) is -0.726. The molecule has 0 saturated heterocycles. The van der Waals surface area contributed by atoms with Crippen LogP contribution in [-0.4, -0.2) is 20.9 Å². The second-order valence-electron chi connectivity index (χ2n) is 5.23. The molecule has 1 aromatic heterocycles. The van der Waals surface area contributed by atoms with Gasteiger partial charge in [0.1, 0.15) is 0 Å². The summed E-state index contributed by atoms with van der Waals surface area (Å²) >= 11 is 0. The van der Waals surface area contributed by atoms with Crippen LogP contribution >= 0.6 is 0 Å². The third-order valence-electron chi connectivity index (χ3n) is 2.98. The molecule has 1 heterocycles. The first-order chi connectivity index (χ1) is 6.86. The van der Waals surface area contributed by atoms with Gasteiger partial charge >= 0.3 is 5.97 Å². The van der Waals surface area contributed by atoms with E-state index in [0.717, 1.165) is 18.4 Å². The smallest absolute Gasteiger partial charge is 0.314 e. The molecule has 4 nitrogen and oxygen atoms in total. The molecule has 0 aromatic carbocycles. The van der Waals surface area contributed by atoms with E-state index in [1.54, 1.807) is 6.20 Å². The molecule has 4 heteroatoms. The maximum atomic E-state index is 11.1. The minimum absolute atomic E-state index is 0.0904. The number of aromatic nitrogens is 2. The third-order valence-corrected chi connectivity index (χ3v) is 2.98. The summed E-state index contributed by atoms with van der Waals surface area (Å²) in [6.07, 6.45) is 5.02. The molecule has 1 aliphatic rings. The van der Waals surface area contributed by atoms with Gasteiger partial charge in [-0.2, -0.15) is 5.10 Å². The van der Waals surface area contributed by atoms with Crippen molar-refractivity contribution in [1.29, 1.82) is 0 Å². The fourth-order valence-electron chi connectivity index (χ4n) is 1.69. The molecule has 0 unspecified atom stereocenters. The molecule has 0 bridgehead atoms. The number of carboxylic acid groups (broad SMARTS) is 1. The topological polar surface area (TPSA) is 55.1 Å². The minimum Gasteiger partial charge on any atom is -0.481 e. The van der Waals surface area contributed by atoms with Crippen molar-refractivity contribution in [2.24, 2.45) is 0 Å². The number of rotatable bonds is 2. The van der Waals surface area contributed by atoms with Gasteiger partial charge in [0, 0.05) is 11.8 Å². The Kier molecular flexibility index (Phi) is 1.93. The SMILES string of the molecule is CC(C)(C)n1cc(C2(C(=O)O)CC2)cn1. The maximum Gasteiger partial charge on any atom is 0.314 e. The first-order valence-electron chi connectivity index (χ1n) is 5.15. The van der Waals surface area contributed by atoms with E-state index < -0.39 is 11.4 Å². The van der Waals surface area contributed by atoms with Gasteiger partial charge in [0.05, 0.1) is 17.2 Å². The fourth-order valence-corrected chi connectivity index (χ4v) is 1.69. The third kappa shape index (κ3) is 1.54. The Labute approximate surface area is 88.9 Å². The van der Waals surface area contributed by atoms with Crippen molar-refractivity contribution in [3.05, 3.63) is 18.0 Å². The van der Waals surface area contributed by atoms with Crippen LogP contribution in [0.2, 0.25) is 0 Å². The molecule has 0 atom stereocenters. The number of hydrogen-bond donors (Lipinski definition) is 1. The van der Waals surface area contributed by atoms with Crippen molar-refractivity contribution < 1.29 is 9.90 Å². The highest BCUT2D eigenvalue weighted by Crippen LogP contribution is 2.48. The zero-order valence-corrected chi connectivity index (χ0v) is 9.32. The molecule has 0 aliphatic heterocycles. The van der Waals surface area contributed by atoms with Crippen LogP contribution in [0.4, 0.5) is 0 Å². The zero-order valence-electron chi connectivity index (χ0n) is 9.32. The van der Waals surface area contributed by atoms with Gasteiger partial charge in [-0.15, -0.1) is 0 Å². The number of aliphatic carboxylic acids is 1. The van der Waals surface area contributed by atoms with Crippen LogP contribution < -0.4 is 0 Å². The van der Waals surface area contributed by atoms with E-state index in [2.05, 4.69) is 5.10 Å². The van der Waals surface area contributed by atoms with E-state index in [1.807, 2.05) is 31.6 Å². The molecule has 1 aromatic rings. The average Bonchev–Trinajstić information content (AvgIpc) is 2.75. The minimum atomic E-state index is -0.726. The maximum absolute atomic E-state index is 11.1. The average molecular weight is 208 g/mol. The van der Waals surface area contributed by atoms with E-state index >= 15 is 0 Å². The molecule has 0 amide bonds. The Morgan fingerprint density at radius 2 is 2.13 bits per heavy atom. The van der Waals surface area contributed by atoms with E-state index in [-0.39, 0.29) is 5.54 Å². The van der Waals surface area contributed by atoms with Crippen molar-refractivity contribution >= 4 is 5.97 Å². The monoisotopic (exact) mass is 208 g/mol. The van der Waals surface area contributed by atoms with Crippen LogP contribution in [0.5, 0.6) is 0 Å². The molecule has 1 saturated carbocycles. The first kappa shape index (κ1) is 10.2. The molecule has 1 N–H and O–H groups in total. The summed E-state index contributed by atoms with van der Waals surface area (Å²) in [4.78, 5) is 11.1. The predicted octanol–water partition coefficient (Wildman–Crippen LogP) is 1.75. The Hall–Kier alpha value is -1.32. The highest BCUT2D eigenvalue weighted by Gasteiger charge is 2.52. The van der Waals surface area contributed by atoms with Crippen LogP contribution in [0.15, 0.2) is 12.4 Å². The standard InChI is InChI=1S/C11H16N2O2/c1-10(2,3)13-7-8(6-12-13)11(4-5-11)9(14)15/h6-7H,4-5H2,1-3H3,(H,14,15). The zero-order chi connectivity index (χ0) is 11.3. The van der Waals surface area contributed by atoms with Crippen LogP contribution in [0, 0.1) is 0 Å². The highest BCUT2D eigenvalue weighted by molar-refractivity contribution is 5.84. The summed E-state index contributed by atoms with van der Waals surface area (Å²) in [6.45, 7) is 6.14. The lowest BCUT2D eigenvalue weighted by molar-refractivity contribution is -0.140. The Morgan fingerprint density at radius 3 is 2.47 bits per heavy atom.